The molecule has 0 aliphatic rings. The monoisotopic (exact) mass is 237 g/mol. The van der Waals surface area contributed by atoms with Crippen LogP contribution in [0.1, 0.15) is 0 Å². The highest BCUT2D eigenvalue weighted by molar-refractivity contribution is 5.93. The first-order chi connectivity index (χ1) is 8.75. The Morgan fingerprint density at radius 3 is 2.83 bits per heavy atom. The molecule has 0 spiro atoms. The number of fused-ring (bicyclic) bond motifs is 1. The minimum atomic E-state index is 0.933. The minimum absolute atomic E-state index is 0.933. The maximum absolute atomic E-state index is 4.32. The van der Waals surface area contributed by atoms with Gasteiger partial charge in [-0.05, 0) is 35.4 Å². The highest BCUT2D eigenvalue weighted by Crippen LogP contribution is 2.29. The summed E-state index contributed by atoms with van der Waals surface area (Å²) in [5, 5.41) is 1.16. The van der Waals surface area contributed by atoms with Crippen LogP contribution in [-0.2, 0) is 0 Å². The summed E-state index contributed by atoms with van der Waals surface area (Å²) in [6.07, 6.45) is 3.77. The molecule has 1 aromatic carbocycles. The van der Waals surface area contributed by atoms with Crippen LogP contribution < -0.4 is 4.90 Å². The van der Waals surface area contributed by atoms with E-state index in [-0.39, 0.29) is 0 Å². The van der Waals surface area contributed by atoms with Gasteiger partial charge in [0.05, 0.1) is 0 Å². The van der Waals surface area contributed by atoms with E-state index < -0.39 is 0 Å². The summed E-state index contributed by atoms with van der Waals surface area (Å²) in [5.41, 5.74) is 4.56. The summed E-state index contributed by atoms with van der Waals surface area (Å²) in [7, 11) is 4.11. The molecule has 0 aliphatic heterocycles. The van der Waals surface area contributed by atoms with Gasteiger partial charge in [-0.1, -0.05) is 12.1 Å². The standard InChI is InChI=1S/C15H15N3/c1-18(2)12-5-3-4-11(10-12)13-6-8-16-15-14(13)7-9-17-15/h3-10H,1-2H3,(H,16,17). The van der Waals surface area contributed by atoms with Gasteiger partial charge in [0.15, 0.2) is 0 Å². The number of nitrogens with zero attached hydrogens (tertiary/aromatic N) is 2. The maximum atomic E-state index is 4.32. The first-order valence-electron chi connectivity index (χ1n) is 5.95. The minimum Gasteiger partial charge on any atom is -0.378 e. The zero-order chi connectivity index (χ0) is 12.5. The summed E-state index contributed by atoms with van der Waals surface area (Å²) in [6.45, 7) is 0. The SMILES string of the molecule is CN(C)c1cccc(-c2ccnc3[nH]ccc23)c1. The fourth-order valence-corrected chi connectivity index (χ4v) is 2.16. The zero-order valence-electron chi connectivity index (χ0n) is 10.5. The second kappa shape index (κ2) is 4.18. The largest absolute Gasteiger partial charge is 0.378 e. The summed E-state index contributed by atoms with van der Waals surface area (Å²) >= 11 is 0. The molecule has 0 aliphatic carbocycles. The van der Waals surface area contributed by atoms with Crippen molar-refractivity contribution < 1.29 is 0 Å². The van der Waals surface area contributed by atoms with Gasteiger partial charge in [0.1, 0.15) is 5.65 Å². The van der Waals surface area contributed by atoms with E-state index >= 15 is 0 Å². The van der Waals surface area contributed by atoms with Crippen LogP contribution in [0.15, 0.2) is 48.8 Å². The Labute approximate surface area is 106 Å². The molecule has 0 saturated heterocycles. The number of hydrogen-bond donors (Lipinski definition) is 1. The van der Waals surface area contributed by atoms with Crippen molar-refractivity contribution in [2.75, 3.05) is 19.0 Å². The molecule has 0 atom stereocenters. The first kappa shape index (κ1) is 10.8. The normalized spacial score (nSPS) is 10.8. The van der Waals surface area contributed by atoms with Crippen molar-refractivity contribution in [3.63, 3.8) is 0 Å². The van der Waals surface area contributed by atoms with Crippen LogP contribution in [-0.4, -0.2) is 24.1 Å². The quantitative estimate of drug-likeness (QED) is 0.741. The van der Waals surface area contributed by atoms with E-state index in [1.54, 1.807) is 0 Å². The maximum Gasteiger partial charge on any atom is 0.137 e. The van der Waals surface area contributed by atoms with Gasteiger partial charge in [0.2, 0.25) is 0 Å². The molecule has 0 bridgehead atoms. The van der Waals surface area contributed by atoms with Crippen LogP contribution in [0.2, 0.25) is 0 Å². The average Bonchev–Trinajstić information content (AvgIpc) is 2.87. The van der Waals surface area contributed by atoms with Crippen molar-refractivity contribution in [2.24, 2.45) is 0 Å². The fourth-order valence-electron chi connectivity index (χ4n) is 2.16. The van der Waals surface area contributed by atoms with Gasteiger partial charge >= 0.3 is 0 Å². The lowest BCUT2D eigenvalue weighted by Gasteiger charge is -2.13. The van der Waals surface area contributed by atoms with Gasteiger partial charge in [-0.3, -0.25) is 0 Å². The molecular formula is C15H15N3. The van der Waals surface area contributed by atoms with Gasteiger partial charge < -0.3 is 9.88 Å². The van der Waals surface area contributed by atoms with E-state index in [0.717, 1.165) is 11.0 Å². The van der Waals surface area contributed by atoms with E-state index in [4.69, 9.17) is 0 Å². The number of rotatable bonds is 2. The number of H-pyrrole nitrogens is 1. The number of aromatic nitrogens is 2. The Hall–Kier alpha value is -2.29. The Morgan fingerprint density at radius 1 is 1.11 bits per heavy atom. The lowest BCUT2D eigenvalue weighted by Crippen LogP contribution is -2.08. The van der Waals surface area contributed by atoms with Crippen molar-refractivity contribution in [1.29, 1.82) is 0 Å². The van der Waals surface area contributed by atoms with Crippen LogP contribution in [0.4, 0.5) is 5.69 Å². The topological polar surface area (TPSA) is 31.9 Å². The van der Waals surface area contributed by atoms with Gasteiger partial charge in [0, 0.05) is 37.6 Å². The number of anilines is 1. The van der Waals surface area contributed by atoms with E-state index in [2.05, 4.69) is 65.4 Å². The number of benzene rings is 1. The molecule has 1 N–H and O–H groups in total. The van der Waals surface area contributed by atoms with E-state index in [1.165, 1.54) is 16.8 Å². The Kier molecular flexibility index (Phi) is 2.52. The lowest BCUT2D eigenvalue weighted by atomic mass is 10.0. The average molecular weight is 237 g/mol. The van der Waals surface area contributed by atoms with Gasteiger partial charge in [-0.15, -0.1) is 0 Å². The molecule has 18 heavy (non-hydrogen) atoms. The van der Waals surface area contributed by atoms with Crippen molar-refractivity contribution in [3.8, 4) is 11.1 Å². The lowest BCUT2D eigenvalue weighted by molar-refractivity contribution is 1.13. The molecule has 3 nitrogen and oxygen atoms in total. The first-order valence-corrected chi connectivity index (χ1v) is 5.95. The van der Waals surface area contributed by atoms with Crippen molar-refractivity contribution in [3.05, 3.63) is 48.8 Å². The van der Waals surface area contributed by atoms with Crippen LogP contribution in [0.25, 0.3) is 22.2 Å². The second-order valence-electron chi connectivity index (χ2n) is 4.54. The Morgan fingerprint density at radius 2 is 2.00 bits per heavy atom. The number of pyridine rings is 1. The summed E-state index contributed by atoms with van der Waals surface area (Å²) in [5.74, 6) is 0. The molecular weight excluding hydrogens is 222 g/mol. The van der Waals surface area contributed by atoms with Crippen molar-refractivity contribution in [1.82, 2.24) is 9.97 Å². The van der Waals surface area contributed by atoms with E-state index in [0.29, 0.717) is 0 Å². The number of aromatic amines is 1. The third-order valence-corrected chi connectivity index (χ3v) is 3.13. The third-order valence-electron chi connectivity index (χ3n) is 3.13. The molecule has 2 aromatic heterocycles. The van der Waals surface area contributed by atoms with Crippen molar-refractivity contribution >= 4 is 16.7 Å². The third kappa shape index (κ3) is 1.74. The predicted molar refractivity (Wildman–Crippen MR) is 75.9 cm³/mol. The van der Waals surface area contributed by atoms with Crippen LogP contribution >= 0.6 is 0 Å². The summed E-state index contributed by atoms with van der Waals surface area (Å²) in [4.78, 5) is 9.57. The highest BCUT2D eigenvalue weighted by atomic mass is 15.1. The van der Waals surface area contributed by atoms with E-state index in [1.807, 2.05) is 12.4 Å². The van der Waals surface area contributed by atoms with Crippen LogP contribution in [0.5, 0.6) is 0 Å². The number of hydrogen-bond acceptors (Lipinski definition) is 2. The molecule has 90 valence electrons. The zero-order valence-corrected chi connectivity index (χ0v) is 10.5. The molecule has 0 saturated carbocycles. The number of nitrogens with one attached hydrogen (secondary N) is 1. The fraction of sp³-hybridized carbons (Fsp3) is 0.133. The molecule has 3 rings (SSSR count). The van der Waals surface area contributed by atoms with Gasteiger partial charge in [-0.25, -0.2) is 4.98 Å². The molecule has 3 heteroatoms. The molecule has 0 amide bonds. The van der Waals surface area contributed by atoms with Crippen molar-refractivity contribution in [2.45, 2.75) is 0 Å². The molecule has 3 aromatic rings. The van der Waals surface area contributed by atoms with E-state index in [9.17, 15) is 0 Å². The smallest absolute Gasteiger partial charge is 0.137 e. The van der Waals surface area contributed by atoms with Gasteiger partial charge in [0.25, 0.3) is 0 Å². The van der Waals surface area contributed by atoms with Crippen LogP contribution in [0, 0.1) is 0 Å². The molecule has 0 radical (unpaired) electrons. The molecule has 0 unspecified atom stereocenters. The van der Waals surface area contributed by atoms with Crippen LogP contribution in [0.3, 0.4) is 0 Å². The Balaban J connectivity index is 2.20. The van der Waals surface area contributed by atoms with Gasteiger partial charge in [-0.2, -0.15) is 0 Å². The summed E-state index contributed by atoms with van der Waals surface area (Å²) < 4.78 is 0. The predicted octanol–water partition coefficient (Wildman–Crippen LogP) is 3.30. The molecule has 0 fully saturated rings. The second-order valence-corrected chi connectivity index (χ2v) is 4.54. The Bertz CT molecular complexity index is 683. The summed E-state index contributed by atoms with van der Waals surface area (Å²) in [6, 6.07) is 12.7. The molecule has 2 heterocycles. The highest BCUT2D eigenvalue weighted by Gasteiger charge is 2.06.